The zero-order valence-electron chi connectivity index (χ0n) is 14.6. The van der Waals surface area contributed by atoms with E-state index >= 15 is 0 Å². The third kappa shape index (κ3) is 2.73. The summed E-state index contributed by atoms with van der Waals surface area (Å²) in [7, 11) is 0. The van der Waals surface area contributed by atoms with Gasteiger partial charge >= 0.3 is 0 Å². The van der Waals surface area contributed by atoms with Gasteiger partial charge in [-0.15, -0.1) is 0 Å². The largest absolute Gasteiger partial charge is 0.398 e. The van der Waals surface area contributed by atoms with Crippen molar-refractivity contribution in [1.29, 1.82) is 0 Å². The van der Waals surface area contributed by atoms with Crippen LogP contribution < -0.4 is 10.6 Å². The van der Waals surface area contributed by atoms with Crippen LogP contribution >= 0.6 is 0 Å². The van der Waals surface area contributed by atoms with Crippen LogP contribution in [0.15, 0.2) is 30.7 Å². The highest BCUT2D eigenvalue weighted by Crippen LogP contribution is 2.35. The number of rotatable bonds is 3. The standard InChI is InChI=1S/C19H19N5O3/c20-18-13-1-2-21-19(13)23-8-14(18)11-5-16-15(22-7-11)6-17(25)24(16)9-12-10-26-3-4-27-12/h1-2,5,7-8,12H,3-4,6,9-10H2,(H3,20,21,23)/t12-/m0/s1. The lowest BCUT2D eigenvalue weighted by molar-refractivity contribution is -0.119. The molecule has 8 nitrogen and oxygen atoms in total. The number of aromatic nitrogens is 3. The van der Waals surface area contributed by atoms with Gasteiger partial charge in [-0.25, -0.2) is 4.98 Å². The molecule has 0 aromatic carbocycles. The first kappa shape index (κ1) is 16.2. The quantitative estimate of drug-likeness (QED) is 0.729. The van der Waals surface area contributed by atoms with Gasteiger partial charge in [-0.3, -0.25) is 9.78 Å². The Labute approximate surface area is 155 Å². The molecule has 0 bridgehead atoms. The molecular formula is C19H19N5O3. The van der Waals surface area contributed by atoms with Gasteiger partial charge in [0.05, 0.1) is 56.0 Å². The second-order valence-electron chi connectivity index (χ2n) is 6.76. The van der Waals surface area contributed by atoms with E-state index < -0.39 is 0 Å². The first-order valence-corrected chi connectivity index (χ1v) is 8.91. The van der Waals surface area contributed by atoms with Crippen molar-refractivity contribution in [3.05, 3.63) is 36.4 Å². The summed E-state index contributed by atoms with van der Waals surface area (Å²) < 4.78 is 11.2. The minimum atomic E-state index is -0.125. The molecule has 1 amide bonds. The van der Waals surface area contributed by atoms with Crippen molar-refractivity contribution in [1.82, 2.24) is 15.0 Å². The van der Waals surface area contributed by atoms with Gasteiger partial charge in [0.15, 0.2) is 0 Å². The number of hydrogen-bond donors (Lipinski definition) is 2. The molecule has 1 atom stereocenters. The molecule has 5 heterocycles. The predicted molar refractivity (Wildman–Crippen MR) is 100 cm³/mol. The molecular weight excluding hydrogens is 346 g/mol. The number of anilines is 2. The first-order chi connectivity index (χ1) is 13.2. The molecule has 1 saturated heterocycles. The van der Waals surface area contributed by atoms with E-state index in [-0.39, 0.29) is 12.0 Å². The molecule has 0 radical (unpaired) electrons. The molecule has 2 aliphatic heterocycles. The van der Waals surface area contributed by atoms with E-state index in [1.54, 1.807) is 17.3 Å². The molecule has 5 rings (SSSR count). The van der Waals surface area contributed by atoms with Crippen molar-refractivity contribution < 1.29 is 14.3 Å². The molecule has 0 aliphatic carbocycles. The summed E-state index contributed by atoms with van der Waals surface area (Å²) in [4.78, 5) is 26.2. The maximum atomic E-state index is 12.5. The summed E-state index contributed by atoms with van der Waals surface area (Å²) in [6.07, 6.45) is 5.47. The van der Waals surface area contributed by atoms with Crippen LogP contribution in [0.2, 0.25) is 0 Å². The maximum absolute atomic E-state index is 12.5. The Morgan fingerprint density at radius 1 is 1.30 bits per heavy atom. The van der Waals surface area contributed by atoms with E-state index in [9.17, 15) is 4.79 Å². The molecule has 1 fully saturated rings. The predicted octanol–water partition coefficient (Wildman–Crippen LogP) is 1.51. The highest BCUT2D eigenvalue weighted by molar-refractivity contribution is 6.02. The van der Waals surface area contributed by atoms with Crippen LogP contribution in [0.4, 0.5) is 11.4 Å². The van der Waals surface area contributed by atoms with Gasteiger partial charge in [0.25, 0.3) is 0 Å². The van der Waals surface area contributed by atoms with Crippen molar-refractivity contribution >= 4 is 28.3 Å². The van der Waals surface area contributed by atoms with Crippen LogP contribution in [0, 0.1) is 0 Å². The zero-order valence-corrected chi connectivity index (χ0v) is 14.6. The molecule has 3 N–H and O–H groups in total. The summed E-state index contributed by atoms with van der Waals surface area (Å²) in [6, 6.07) is 3.86. The van der Waals surface area contributed by atoms with Crippen molar-refractivity contribution in [3.8, 4) is 11.1 Å². The van der Waals surface area contributed by atoms with Gasteiger partial charge in [-0.2, -0.15) is 0 Å². The fraction of sp³-hybridized carbons (Fsp3) is 0.316. The van der Waals surface area contributed by atoms with Gasteiger partial charge < -0.3 is 25.1 Å². The molecule has 0 spiro atoms. The molecule has 138 valence electrons. The number of fused-ring (bicyclic) bond motifs is 2. The third-order valence-corrected chi connectivity index (χ3v) is 5.07. The molecule has 0 unspecified atom stereocenters. The third-order valence-electron chi connectivity index (χ3n) is 5.07. The van der Waals surface area contributed by atoms with E-state index in [2.05, 4.69) is 15.0 Å². The number of aromatic amines is 1. The number of nitrogen functional groups attached to an aromatic ring is 1. The van der Waals surface area contributed by atoms with Crippen LogP contribution in [0.25, 0.3) is 22.2 Å². The van der Waals surface area contributed by atoms with E-state index in [1.165, 1.54) is 0 Å². The first-order valence-electron chi connectivity index (χ1n) is 8.91. The van der Waals surface area contributed by atoms with Crippen molar-refractivity contribution in [2.45, 2.75) is 12.5 Å². The smallest absolute Gasteiger partial charge is 0.233 e. The number of carbonyl (C=O) groups excluding carboxylic acids is 1. The number of nitrogens with two attached hydrogens (primary N) is 1. The second-order valence-corrected chi connectivity index (χ2v) is 6.76. The average Bonchev–Trinajstić information content (AvgIpc) is 3.28. The minimum absolute atomic E-state index is 0.0241. The van der Waals surface area contributed by atoms with Crippen molar-refractivity contribution in [2.24, 2.45) is 0 Å². The lowest BCUT2D eigenvalue weighted by Crippen LogP contribution is -2.41. The fourth-order valence-corrected chi connectivity index (χ4v) is 3.68. The lowest BCUT2D eigenvalue weighted by Gasteiger charge is -2.27. The van der Waals surface area contributed by atoms with E-state index in [0.717, 1.165) is 33.5 Å². The Balaban J connectivity index is 1.51. The summed E-state index contributed by atoms with van der Waals surface area (Å²) in [5.41, 5.74) is 10.9. The number of ether oxygens (including phenoxy) is 2. The van der Waals surface area contributed by atoms with Crippen molar-refractivity contribution in [3.63, 3.8) is 0 Å². The number of nitrogens with one attached hydrogen (secondary N) is 1. The van der Waals surface area contributed by atoms with Crippen molar-refractivity contribution in [2.75, 3.05) is 37.0 Å². The fourth-order valence-electron chi connectivity index (χ4n) is 3.68. The van der Waals surface area contributed by atoms with Crippen LogP contribution in [-0.4, -0.2) is 53.3 Å². The van der Waals surface area contributed by atoms with E-state index in [4.69, 9.17) is 15.2 Å². The number of amides is 1. The molecule has 3 aromatic rings. The lowest BCUT2D eigenvalue weighted by atomic mass is 10.1. The Hall–Kier alpha value is -2.97. The highest BCUT2D eigenvalue weighted by Gasteiger charge is 2.32. The number of nitrogens with zero attached hydrogens (tertiary/aromatic N) is 3. The molecule has 0 saturated carbocycles. The Morgan fingerprint density at radius 2 is 2.22 bits per heavy atom. The van der Waals surface area contributed by atoms with Crippen LogP contribution in [0.1, 0.15) is 5.69 Å². The highest BCUT2D eigenvalue weighted by atomic mass is 16.6. The number of H-pyrrole nitrogens is 1. The van der Waals surface area contributed by atoms with Gasteiger partial charge in [0, 0.05) is 35.1 Å². The molecule has 8 heteroatoms. The van der Waals surface area contributed by atoms with Crippen LogP contribution in [-0.2, 0) is 20.7 Å². The SMILES string of the molecule is Nc1c(-c2cnc3c(c2)N(C[C@H]2COCCO2)C(=O)C3)cnc2[nH]ccc12. The maximum Gasteiger partial charge on any atom is 0.233 e. The monoisotopic (exact) mass is 365 g/mol. The Bertz CT molecular complexity index is 1030. The summed E-state index contributed by atoms with van der Waals surface area (Å²) >= 11 is 0. The minimum Gasteiger partial charge on any atom is -0.398 e. The van der Waals surface area contributed by atoms with Gasteiger partial charge in [0.2, 0.25) is 5.91 Å². The topological polar surface area (TPSA) is 106 Å². The normalized spacial score (nSPS) is 19.6. The molecule has 3 aromatic heterocycles. The van der Waals surface area contributed by atoms with Gasteiger partial charge in [-0.05, 0) is 12.1 Å². The van der Waals surface area contributed by atoms with E-state index in [0.29, 0.717) is 38.5 Å². The Kier molecular flexibility index (Phi) is 3.80. The number of hydrogen-bond acceptors (Lipinski definition) is 6. The number of carbonyl (C=O) groups is 1. The summed E-state index contributed by atoms with van der Waals surface area (Å²) in [6.45, 7) is 2.10. The van der Waals surface area contributed by atoms with E-state index in [1.807, 2.05) is 18.3 Å². The zero-order chi connectivity index (χ0) is 18.4. The number of pyridine rings is 2. The van der Waals surface area contributed by atoms with Gasteiger partial charge in [-0.1, -0.05) is 0 Å². The van der Waals surface area contributed by atoms with Crippen LogP contribution in [0.3, 0.4) is 0 Å². The summed E-state index contributed by atoms with van der Waals surface area (Å²) in [5, 5.41) is 0.869. The van der Waals surface area contributed by atoms with Crippen LogP contribution in [0.5, 0.6) is 0 Å². The second kappa shape index (κ2) is 6.33. The Morgan fingerprint density at radius 3 is 3.07 bits per heavy atom. The molecule has 2 aliphatic rings. The van der Waals surface area contributed by atoms with Gasteiger partial charge in [0.1, 0.15) is 5.65 Å². The average molecular weight is 365 g/mol. The summed E-state index contributed by atoms with van der Waals surface area (Å²) in [5.74, 6) is 0.0241. The molecule has 27 heavy (non-hydrogen) atoms.